The van der Waals surface area contributed by atoms with Crippen LogP contribution in [0.15, 0.2) is 48.5 Å². The molecule has 4 rings (SSSR count). The van der Waals surface area contributed by atoms with Gasteiger partial charge in [-0.1, -0.05) is 24.3 Å². The van der Waals surface area contributed by atoms with Gasteiger partial charge in [-0.2, -0.15) is 0 Å². The van der Waals surface area contributed by atoms with Crippen molar-refractivity contribution in [1.29, 1.82) is 0 Å². The summed E-state index contributed by atoms with van der Waals surface area (Å²) in [5, 5.41) is 28.8. The lowest BCUT2D eigenvalue weighted by atomic mass is 9.86. The van der Waals surface area contributed by atoms with Crippen molar-refractivity contribution in [1.82, 2.24) is 10.6 Å². The topological polar surface area (TPSA) is 128 Å². The number of rotatable bonds is 10. The van der Waals surface area contributed by atoms with E-state index in [0.29, 0.717) is 37.2 Å². The molecule has 2 aromatic rings. The molecule has 2 aliphatic rings. The number of hydrogen-bond acceptors (Lipinski definition) is 5. The van der Waals surface area contributed by atoms with E-state index < -0.39 is 23.8 Å². The van der Waals surface area contributed by atoms with E-state index in [4.69, 9.17) is 0 Å². The highest BCUT2D eigenvalue weighted by Gasteiger charge is 2.31. The number of amides is 1. The van der Waals surface area contributed by atoms with E-state index in [9.17, 15) is 24.6 Å². The van der Waals surface area contributed by atoms with Crippen LogP contribution in [0.1, 0.15) is 34.3 Å². The molecule has 10 heteroatoms. The van der Waals surface area contributed by atoms with Crippen LogP contribution in [0.4, 0.5) is 5.69 Å². The zero-order valence-electron chi connectivity index (χ0n) is 20.5. The van der Waals surface area contributed by atoms with Crippen molar-refractivity contribution in [3.63, 3.8) is 0 Å². The first-order chi connectivity index (χ1) is 16.9. The molecular formula is C27H35Cl2N3O5. The fourth-order valence-electron chi connectivity index (χ4n) is 5.28. The second-order valence-corrected chi connectivity index (χ2v) is 9.66. The van der Waals surface area contributed by atoms with Crippen LogP contribution in [0.2, 0.25) is 0 Å². The molecule has 1 amide bonds. The van der Waals surface area contributed by atoms with E-state index in [2.05, 4.69) is 16.0 Å². The molecular weight excluding hydrogens is 517 g/mol. The monoisotopic (exact) mass is 551 g/mol. The Morgan fingerprint density at radius 3 is 1.81 bits per heavy atom. The highest BCUT2D eigenvalue weighted by Crippen LogP contribution is 2.26. The van der Waals surface area contributed by atoms with Crippen LogP contribution in [0, 0.1) is 23.7 Å². The highest BCUT2D eigenvalue weighted by molar-refractivity contribution is 6.04. The zero-order chi connectivity index (χ0) is 24.8. The number of benzene rings is 2. The first-order valence-corrected chi connectivity index (χ1v) is 12.3. The third-order valence-corrected chi connectivity index (χ3v) is 7.25. The number of aliphatic carboxylic acids is 2. The maximum Gasteiger partial charge on any atom is 0.307 e. The normalized spacial score (nSPS) is 20.2. The van der Waals surface area contributed by atoms with E-state index in [-0.39, 0.29) is 42.6 Å². The summed E-state index contributed by atoms with van der Waals surface area (Å²) in [5.74, 6) is -2.66. The number of hydrogen-bond donors (Lipinski definition) is 5. The number of nitrogens with one attached hydrogen (secondary N) is 3. The van der Waals surface area contributed by atoms with E-state index in [1.807, 2.05) is 24.3 Å². The first-order valence-electron chi connectivity index (χ1n) is 12.3. The molecule has 0 radical (unpaired) electrons. The summed E-state index contributed by atoms with van der Waals surface area (Å²) in [7, 11) is 0. The maximum absolute atomic E-state index is 13.0. The predicted octanol–water partition coefficient (Wildman–Crippen LogP) is 3.49. The first kappa shape index (κ1) is 30.6. The molecule has 2 aliphatic heterocycles. The lowest BCUT2D eigenvalue weighted by Crippen LogP contribution is -2.27. The Balaban J connectivity index is 0.00000241. The summed E-state index contributed by atoms with van der Waals surface area (Å²) in [4.78, 5) is 36.6. The maximum atomic E-state index is 13.0. The van der Waals surface area contributed by atoms with E-state index >= 15 is 0 Å². The molecule has 4 atom stereocenters. The largest absolute Gasteiger partial charge is 0.481 e. The van der Waals surface area contributed by atoms with Crippen molar-refractivity contribution in [3.8, 4) is 0 Å². The van der Waals surface area contributed by atoms with Gasteiger partial charge in [-0.05, 0) is 99.1 Å². The summed E-state index contributed by atoms with van der Waals surface area (Å²) in [5.41, 5.74) is 2.75. The lowest BCUT2D eigenvalue weighted by molar-refractivity contribution is -0.144. The minimum Gasteiger partial charge on any atom is -0.481 e. The SMILES string of the molecule is Cl.Cl.O=C(Nc1cccc(C[C@H](C(=O)O)[C@H]2CCNC2)c1)c1cccc(C[C@H](C(=O)O)[C@H]2CCNC2)c1. The van der Waals surface area contributed by atoms with Crippen molar-refractivity contribution >= 4 is 48.3 Å². The van der Waals surface area contributed by atoms with Gasteiger partial charge in [0, 0.05) is 11.3 Å². The molecule has 8 nitrogen and oxygen atoms in total. The number of carboxylic acids is 2. The molecule has 2 fully saturated rings. The van der Waals surface area contributed by atoms with Crippen molar-refractivity contribution < 1.29 is 24.6 Å². The van der Waals surface area contributed by atoms with E-state index in [1.54, 1.807) is 24.3 Å². The molecule has 0 aliphatic carbocycles. The second kappa shape index (κ2) is 14.3. The molecule has 0 bridgehead atoms. The molecule has 0 unspecified atom stereocenters. The van der Waals surface area contributed by atoms with Crippen LogP contribution >= 0.6 is 24.8 Å². The van der Waals surface area contributed by atoms with Crippen LogP contribution in [0.5, 0.6) is 0 Å². The minimum atomic E-state index is -0.807. The quantitative estimate of drug-likeness (QED) is 0.305. The summed E-state index contributed by atoms with van der Waals surface area (Å²) < 4.78 is 0. The van der Waals surface area contributed by atoms with Gasteiger partial charge in [-0.3, -0.25) is 14.4 Å². The molecule has 37 heavy (non-hydrogen) atoms. The third-order valence-electron chi connectivity index (χ3n) is 7.25. The predicted molar refractivity (Wildman–Crippen MR) is 147 cm³/mol. The molecule has 0 aromatic heterocycles. The minimum absolute atomic E-state index is 0. The van der Waals surface area contributed by atoms with Crippen LogP contribution in [0.3, 0.4) is 0 Å². The molecule has 0 saturated carbocycles. The molecule has 5 N–H and O–H groups in total. The van der Waals surface area contributed by atoms with Gasteiger partial charge < -0.3 is 26.2 Å². The second-order valence-electron chi connectivity index (χ2n) is 9.66. The van der Waals surface area contributed by atoms with E-state index in [1.165, 1.54) is 0 Å². The number of halogens is 2. The van der Waals surface area contributed by atoms with Gasteiger partial charge in [0.2, 0.25) is 0 Å². The standard InChI is InChI=1S/C27H33N3O5.2ClH/c31-25(19-5-1-3-17(11-19)13-23(26(32)33)20-7-9-28-15-20)30-22-6-2-4-18(12-22)14-24(27(34)35)21-8-10-29-16-21;;/h1-6,11-12,20-21,23-24,28-29H,7-10,13-16H2,(H,30,31)(H,32,33)(H,34,35);2*1H/t20-,21-,23-,24-;;/m0../s1. The Hall–Kier alpha value is -2.65. The van der Waals surface area contributed by atoms with Crippen LogP contribution in [0.25, 0.3) is 0 Å². The van der Waals surface area contributed by atoms with Gasteiger partial charge in [0.25, 0.3) is 5.91 Å². The van der Waals surface area contributed by atoms with Crippen molar-refractivity contribution in [2.45, 2.75) is 25.7 Å². The van der Waals surface area contributed by atoms with Gasteiger partial charge in [0.1, 0.15) is 0 Å². The summed E-state index contributed by atoms with van der Waals surface area (Å²) in [6.45, 7) is 3.09. The van der Waals surface area contributed by atoms with Crippen molar-refractivity contribution in [3.05, 3.63) is 65.2 Å². The molecule has 202 valence electrons. The molecule has 2 saturated heterocycles. The van der Waals surface area contributed by atoms with Gasteiger partial charge in [0.05, 0.1) is 11.8 Å². The van der Waals surface area contributed by atoms with Gasteiger partial charge in [0.15, 0.2) is 0 Å². The third kappa shape index (κ3) is 8.17. The molecule has 0 spiro atoms. The Kier molecular flexibility index (Phi) is 11.8. The average molecular weight is 552 g/mol. The summed E-state index contributed by atoms with van der Waals surface area (Å²) >= 11 is 0. The van der Waals surface area contributed by atoms with E-state index in [0.717, 1.165) is 37.1 Å². The lowest BCUT2D eigenvalue weighted by Gasteiger charge is -2.19. The number of carbonyl (C=O) groups excluding carboxylic acids is 1. The number of carboxylic acid groups (broad SMARTS) is 2. The van der Waals surface area contributed by atoms with Gasteiger partial charge in [-0.15, -0.1) is 24.8 Å². The number of anilines is 1. The van der Waals surface area contributed by atoms with Crippen LogP contribution in [-0.2, 0) is 22.4 Å². The smallest absolute Gasteiger partial charge is 0.307 e. The fraction of sp³-hybridized carbons (Fsp3) is 0.444. The summed E-state index contributed by atoms with van der Waals surface area (Å²) in [6.07, 6.45) is 2.48. The van der Waals surface area contributed by atoms with Gasteiger partial charge in [-0.25, -0.2) is 0 Å². The average Bonchev–Trinajstić information content (AvgIpc) is 3.56. The van der Waals surface area contributed by atoms with Crippen LogP contribution in [-0.4, -0.2) is 54.2 Å². The molecule has 2 aromatic carbocycles. The Morgan fingerprint density at radius 1 is 0.811 bits per heavy atom. The summed E-state index contributed by atoms with van der Waals surface area (Å²) in [6, 6.07) is 14.4. The van der Waals surface area contributed by atoms with Gasteiger partial charge >= 0.3 is 11.9 Å². The number of carbonyl (C=O) groups is 3. The van der Waals surface area contributed by atoms with Crippen molar-refractivity contribution in [2.24, 2.45) is 23.7 Å². The van der Waals surface area contributed by atoms with Crippen LogP contribution < -0.4 is 16.0 Å². The zero-order valence-corrected chi connectivity index (χ0v) is 22.2. The van der Waals surface area contributed by atoms with Crippen molar-refractivity contribution in [2.75, 3.05) is 31.5 Å². The Labute approximate surface area is 229 Å². The fourth-order valence-corrected chi connectivity index (χ4v) is 5.28. The molecule has 2 heterocycles. The Bertz CT molecular complexity index is 1070. The highest BCUT2D eigenvalue weighted by atomic mass is 35.5. The Morgan fingerprint density at radius 2 is 1.32 bits per heavy atom.